The van der Waals surface area contributed by atoms with Crippen LogP contribution in [-0.2, 0) is 6.54 Å². The fraction of sp³-hybridized carbons (Fsp3) is 0.400. The summed E-state index contributed by atoms with van der Waals surface area (Å²) in [6.45, 7) is 7.39. The van der Waals surface area contributed by atoms with Gasteiger partial charge in [0.1, 0.15) is 11.4 Å². The molecule has 0 spiro atoms. The van der Waals surface area contributed by atoms with Crippen molar-refractivity contribution in [2.45, 2.75) is 27.3 Å². The van der Waals surface area contributed by atoms with Gasteiger partial charge in [-0.3, -0.25) is 4.79 Å². The molecule has 102 valence electrons. The number of aryl methyl sites for hydroxylation is 2. The number of aromatic nitrogens is 1. The fourth-order valence-electron chi connectivity index (χ4n) is 2.50. The minimum atomic E-state index is -0.0477. The highest BCUT2D eigenvalue weighted by Gasteiger charge is 2.18. The SMILES string of the molecule is CCOc1ccc2c(c1)c(C)c(C(=O)NC)n2CC. The van der Waals surface area contributed by atoms with Crippen LogP contribution in [0.15, 0.2) is 18.2 Å². The Morgan fingerprint density at radius 2 is 2.11 bits per heavy atom. The van der Waals surface area contributed by atoms with Crippen molar-refractivity contribution in [3.05, 3.63) is 29.5 Å². The first-order valence-corrected chi connectivity index (χ1v) is 6.61. The first-order valence-electron chi connectivity index (χ1n) is 6.61. The van der Waals surface area contributed by atoms with Crippen LogP contribution in [0.5, 0.6) is 5.75 Å². The van der Waals surface area contributed by atoms with Gasteiger partial charge in [-0.15, -0.1) is 0 Å². The summed E-state index contributed by atoms with van der Waals surface area (Å²) < 4.78 is 7.57. The molecular weight excluding hydrogens is 240 g/mol. The number of ether oxygens (including phenoxy) is 1. The molecule has 1 amide bonds. The predicted octanol–water partition coefficient (Wildman–Crippen LogP) is 2.73. The van der Waals surface area contributed by atoms with E-state index in [1.54, 1.807) is 7.05 Å². The lowest BCUT2D eigenvalue weighted by Crippen LogP contribution is -2.22. The minimum Gasteiger partial charge on any atom is -0.494 e. The summed E-state index contributed by atoms with van der Waals surface area (Å²) in [5.74, 6) is 0.795. The number of rotatable bonds is 4. The van der Waals surface area contributed by atoms with Crippen LogP contribution in [0.3, 0.4) is 0 Å². The third-order valence-electron chi connectivity index (χ3n) is 3.36. The van der Waals surface area contributed by atoms with Crippen LogP contribution in [0.2, 0.25) is 0 Å². The van der Waals surface area contributed by atoms with Gasteiger partial charge >= 0.3 is 0 Å². The molecule has 0 fully saturated rings. The van der Waals surface area contributed by atoms with E-state index in [2.05, 4.69) is 5.32 Å². The Labute approximate surface area is 113 Å². The van der Waals surface area contributed by atoms with E-state index in [-0.39, 0.29) is 5.91 Å². The lowest BCUT2D eigenvalue weighted by atomic mass is 10.1. The summed E-state index contributed by atoms with van der Waals surface area (Å²) in [5, 5.41) is 3.78. The molecule has 0 atom stereocenters. The molecule has 0 saturated carbocycles. The van der Waals surface area contributed by atoms with E-state index >= 15 is 0 Å². The topological polar surface area (TPSA) is 43.3 Å². The van der Waals surface area contributed by atoms with Crippen molar-refractivity contribution in [3.63, 3.8) is 0 Å². The summed E-state index contributed by atoms with van der Waals surface area (Å²) in [6, 6.07) is 5.97. The van der Waals surface area contributed by atoms with Crippen molar-refractivity contribution in [2.24, 2.45) is 0 Å². The molecule has 0 radical (unpaired) electrons. The van der Waals surface area contributed by atoms with Crippen molar-refractivity contribution in [2.75, 3.05) is 13.7 Å². The Kier molecular flexibility index (Phi) is 3.79. The molecule has 4 heteroatoms. The van der Waals surface area contributed by atoms with Crippen molar-refractivity contribution in [3.8, 4) is 5.75 Å². The molecule has 0 aliphatic heterocycles. The molecule has 0 saturated heterocycles. The standard InChI is InChI=1S/C15H20N2O2/c1-5-17-13-8-7-11(19-6-2)9-12(13)10(3)14(17)15(18)16-4/h7-9H,5-6H2,1-4H3,(H,16,18). The predicted molar refractivity (Wildman–Crippen MR) is 76.9 cm³/mol. The number of nitrogens with zero attached hydrogens (tertiary/aromatic N) is 1. The molecule has 1 N–H and O–H groups in total. The summed E-state index contributed by atoms with van der Waals surface area (Å²) in [7, 11) is 1.66. The van der Waals surface area contributed by atoms with Gasteiger partial charge in [0.25, 0.3) is 5.91 Å². The van der Waals surface area contributed by atoms with Gasteiger partial charge in [-0.05, 0) is 44.5 Å². The molecular formula is C15H20N2O2. The zero-order valence-corrected chi connectivity index (χ0v) is 11.9. The molecule has 0 aliphatic carbocycles. The average Bonchev–Trinajstić information content (AvgIpc) is 2.71. The van der Waals surface area contributed by atoms with Crippen LogP contribution < -0.4 is 10.1 Å². The normalized spacial score (nSPS) is 10.7. The molecule has 2 aromatic rings. The summed E-state index contributed by atoms with van der Waals surface area (Å²) in [4.78, 5) is 12.0. The fourth-order valence-corrected chi connectivity index (χ4v) is 2.50. The number of hydrogen-bond acceptors (Lipinski definition) is 2. The number of fused-ring (bicyclic) bond motifs is 1. The molecule has 2 rings (SSSR count). The number of benzene rings is 1. The zero-order chi connectivity index (χ0) is 14.0. The van der Waals surface area contributed by atoms with Crippen molar-refractivity contribution in [1.82, 2.24) is 9.88 Å². The van der Waals surface area contributed by atoms with E-state index in [1.165, 1.54) is 0 Å². The molecule has 19 heavy (non-hydrogen) atoms. The second-order valence-corrected chi connectivity index (χ2v) is 4.41. The van der Waals surface area contributed by atoms with Crippen LogP contribution >= 0.6 is 0 Å². The molecule has 0 bridgehead atoms. The van der Waals surface area contributed by atoms with Gasteiger partial charge in [-0.2, -0.15) is 0 Å². The Morgan fingerprint density at radius 1 is 1.37 bits per heavy atom. The van der Waals surface area contributed by atoms with Gasteiger partial charge in [0, 0.05) is 24.5 Å². The number of nitrogens with one attached hydrogen (secondary N) is 1. The molecule has 4 nitrogen and oxygen atoms in total. The Morgan fingerprint density at radius 3 is 2.68 bits per heavy atom. The first kappa shape index (κ1) is 13.5. The number of carbonyl (C=O) groups excluding carboxylic acids is 1. The monoisotopic (exact) mass is 260 g/mol. The number of amides is 1. The zero-order valence-electron chi connectivity index (χ0n) is 11.9. The van der Waals surface area contributed by atoms with E-state index in [4.69, 9.17) is 4.74 Å². The maximum absolute atomic E-state index is 12.0. The van der Waals surface area contributed by atoms with E-state index in [9.17, 15) is 4.79 Å². The summed E-state index contributed by atoms with van der Waals surface area (Å²) in [5.41, 5.74) is 2.80. The highest BCUT2D eigenvalue weighted by Crippen LogP contribution is 2.29. The number of hydrogen-bond donors (Lipinski definition) is 1. The van der Waals surface area contributed by atoms with Crippen LogP contribution in [0.25, 0.3) is 10.9 Å². The molecule has 1 aromatic heterocycles. The van der Waals surface area contributed by atoms with Gasteiger partial charge in [0.05, 0.1) is 6.61 Å². The molecule has 0 unspecified atom stereocenters. The van der Waals surface area contributed by atoms with Crippen LogP contribution in [0.1, 0.15) is 29.9 Å². The lowest BCUT2D eigenvalue weighted by Gasteiger charge is -2.07. The molecule has 1 heterocycles. The van der Waals surface area contributed by atoms with Gasteiger partial charge < -0.3 is 14.6 Å². The van der Waals surface area contributed by atoms with Crippen molar-refractivity contribution < 1.29 is 9.53 Å². The quantitative estimate of drug-likeness (QED) is 0.918. The van der Waals surface area contributed by atoms with E-state index in [0.29, 0.717) is 6.61 Å². The molecule has 1 aromatic carbocycles. The average molecular weight is 260 g/mol. The summed E-state index contributed by atoms with van der Waals surface area (Å²) in [6.07, 6.45) is 0. The first-order chi connectivity index (χ1) is 9.13. The van der Waals surface area contributed by atoms with Crippen LogP contribution in [0, 0.1) is 6.92 Å². The molecule has 0 aliphatic rings. The van der Waals surface area contributed by atoms with Gasteiger partial charge in [-0.1, -0.05) is 0 Å². The Balaban J connectivity index is 2.69. The largest absolute Gasteiger partial charge is 0.494 e. The van der Waals surface area contributed by atoms with Crippen LogP contribution in [0.4, 0.5) is 0 Å². The third kappa shape index (κ3) is 2.18. The Bertz CT molecular complexity index is 614. The smallest absolute Gasteiger partial charge is 0.267 e. The third-order valence-corrected chi connectivity index (χ3v) is 3.36. The van der Waals surface area contributed by atoms with E-state index in [1.807, 2.05) is 43.5 Å². The van der Waals surface area contributed by atoms with E-state index in [0.717, 1.165) is 34.5 Å². The maximum atomic E-state index is 12.0. The van der Waals surface area contributed by atoms with Gasteiger partial charge in [-0.25, -0.2) is 0 Å². The summed E-state index contributed by atoms with van der Waals surface area (Å²) >= 11 is 0. The van der Waals surface area contributed by atoms with Gasteiger partial charge in [0.2, 0.25) is 0 Å². The van der Waals surface area contributed by atoms with Gasteiger partial charge in [0.15, 0.2) is 0 Å². The highest BCUT2D eigenvalue weighted by molar-refractivity contribution is 6.01. The van der Waals surface area contributed by atoms with Crippen molar-refractivity contribution >= 4 is 16.8 Å². The van der Waals surface area contributed by atoms with E-state index < -0.39 is 0 Å². The highest BCUT2D eigenvalue weighted by atomic mass is 16.5. The lowest BCUT2D eigenvalue weighted by molar-refractivity contribution is 0.0954. The Hall–Kier alpha value is -1.97. The minimum absolute atomic E-state index is 0.0477. The maximum Gasteiger partial charge on any atom is 0.267 e. The second-order valence-electron chi connectivity index (χ2n) is 4.41. The second kappa shape index (κ2) is 5.34. The number of carbonyl (C=O) groups is 1. The van der Waals surface area contributed by atoms with Crippen molar-refractivity contribution in [1.29, 1.82) is 0 Å². The van der Waals surface area contributed by atoms with Crippen LogP contribution in [-0.4, -0.2) is 24.1 Å².